The van der Waals surface area contributed by atoms with Gasteiger partial charge in [0.25, 0.3) is 5.91 Å². The molecule has 1 N–H and O–H groups in total. The van der Waals surface area contributed by atoms with Gasteiger partial charge in [0.15, 0.2) is 17.5 Å². The lowest BCUT2D eigenvalue weighted by Gasteiger charge is -2.09. The summed E-state index contributed by atoms with van der Waals surface area (Å²) in [6.07, 6.45) is 0. The van der Waals surface area contributed by atoms with Crippen LogP contribution in [-0.4, -0.2) is 5.91 Å². The average molecular weight is 300 g/mol. The molecule has 104 valence electrons. The molecule has 0 aromatic heterocycles. The van der Waals surface area contributed by atoms with Crippen molar-refractivity contribution in [1.29, 1.82) is 0 Å². The van der Waals surface area contributed by atoms with Gasteiger partial charge in [-0.05, 0) is 36.8 Å². The molecule has 2 aromatic rings. The third-order valence-electron chi connectivity index (χ3n) is 2.73. The van der Waals surface area contributed by atoms with E-state index in [1.807, 2.05) is 0 Å². The van der Waals surface area contributed by atoms with Crippen LogP contribution >= 0.6 is 11.6 Å². The quantitative estimate of drug-likeness (QED) is 0.822. The zero-order valence-corrected chi connectivity index (χ0v) is 11.1. The van der Waals surface area contributed by atoms with Crippen LogP contribution in [0, 0.1) is 24.4 Å². The largest absolute Gasteiger partial charge is 0.322 e. The highest BCUT2D eigenvalue weighted by Gasteiger charge is 2.19. The normalized spacial score (nSPS) is 10.4. The molecule has 6 heteroatoms. The maximum Gasteiger partial charge on any atom is 0.258 e. The number of anilines is 1. The average Bonchev–Trinajstić information content (AvgIpc) is 2.40. The van der Waals surface area contributed by atoms with Crippen LogP contribution in [0.1, 0.15) is 15.9 Å². The molecule has 20 heavy (non-hydrogen) atoms. The van der Waals surface area contributed by atoms with Crippen LogP contribution in [0.5, 0.6) is 0 Å². The van der Waals surface area contributed by atoms with Crippen molar-refractivity contribution >= 4 is 23.2 Å². The maximum absolute atomic E-state index is 13.5. The Hall–Kier alpha value is -2.01. The highest BCUT2D eigenvalue weighted by Crippen LogP contribution is 2.22. The molecule has 2 nitrogen and oxygen atoms in total. The lowest BCUT2D eigenvalue weighted by molar-refractivity contribution is 0.102. The lowest BCUT2D eigenvalue weighted by atomic mass is 10.1. The molecule has 0 fully saturated rings. The van der Waals surface area contributed by atoms with Gasteiger partial charge in [-0.1, -0.05) is 17.7 Å². The monoisotopic (exact) mass is 299 g/mol. The Kier molecular flexibility index (Phi) is 3.99. The Morgan fingerprint density at radius 3 is 2.50 bits per heavy atom. The van der Waals surface area contributed by atoms with Crippen LogP contribution in [0.4, 0.5) is 18.9 Å². The molecular formula is C14H9ClF3NO. The van der Waals surface area contributed by atoms with Gasteiger partial charge in [-0.2, -0.15) is 0 Å². The van der Waals surface area contributed by atoms with E-state index in [1.54, 1.807) is 19.1 Å². The molecule has 2 rings (SSSR count). The summed E-state index contributed by atoms with van der Waals surface area (Å²) in [6.45, 7) is 1.72. The minimum absolute atomic E-state index is 0.367. The molecule has 1 amide bonds. The van der Waals surface area contributed by atoms with Gasteiger partial charge in [0.2, 0.25) is 0 Å². The standard InChI is InChI=1S/C14H9ClF3NO/c1-7-2-3-8(15)6-11(7)19-14(20)9-4-5-10(16)13(18)12(9)17/h2-6H,1H3,(H,19,20). The van der Waals surface area contributed by atoms with Crippen LogP contribution in [0.25, 0.3) is 0 Å². The molecule has 0 spiro atoms. The van der Waals surface area contributed by atoms with Gasteiger partial charge in [-0.3, -0.25) is 4.79 Å². The van der Waals surface area contributed by atoms with Crippen molar-refractivity contribution in [3.8, 4) is 0 Å². The summed E-state index contributed by atoms with van der Waals surface area (Å²) in [7, 11) is 0. The highest BCUT2D eigenvalue weighted by atomic mass is 35.5. The summed E-state index contributed by atoms with van der Waals surface area (Å²) in [4.78, 5) is 11.9. The van der Waals surface area contributed by atoms with E-state index in [9.17, 15) is 18.0 Å². The summed E-state index contributed by atoms with van der Waals surface area (Å²) in [5.41, 5.74) is 0.487. The third kappa shape index (κ3) is 2.77. The first-order valence-electron chi connectivity index (χ1n) is 5.61. The SMILES string of the molecule is Cc1ccc(Cl)cc1NC(=O)c1ccc(F)c(F)c1F. The second-order valence-corrected chi connectivity index (χ2v) is 4.57. The van der Waals surface area contributed by atoms with Crippen molar-refractivity contribution in [2.24, 2.45) is 0 Å². The zero-order valence-electron chi connectivity index (χ0n) is 10.3. The number of hydrogen-bond donors (Lipinski definition) is 1. The second-order valence-electron chi connectivity index (χ2n) is 4.14. The minimum atomic E-state index is -1.68. The van der Waals surface area contributed by atoms with Crippen molar-refractivity contribution in [2.75, 3.05) is 5.32 Å². The first-order chi connectivity index (χ1) is 9.40. The van der Waals surface area contributed by atoms with E-state index in [-0.39, 0.29) is 0 Å². The Bertz CT molecular complexity index is 688. The van der Waals surface area contributed by atoms with E-state index < -0.39 is 28.9 Å². The van der Waals surface area contributed by atoms with E-state index in [4.69, 9.17) is 11.6 Å². The first kappa shape index (κ1) is 14.4. The third-order valence-corrected chi connectivity index (χ3v) is 2.96. The minimum Gasteiger partial charge on any atom is -0.322 e. The van der Waals surface area contributed by atoms with Crippen molar-refractivity contribution in [2.45, 2.75) is 6.92 Å². The molecule has 0 saturated heterocycles. The number of amides is 1. The van der Waals surface area contributed by atoms with Crippen molar-refractivity contribution in [1.82, 2.24) is 0 Å². The number of carbonyl (C=O) groups is 1. The molecule has 2 aromatic carbocycles. The molecular weight excluding hydrogens is 291 g/mol. The van der Waals surface area contributed by atoms with Crippen LogP contribution in [0.2, 0.25) is 5.02 Å². The molecule has 0 atom stereocenters. The van der Waals surface area contributed by atoms with E-state index in [1.165, 1.54) is 6.07 Å². The van der Waals surface area contributed by atoms with E-state index >= 15 is 0 Å². The number of rotatable bonds is 2. The predicted octanol–water partition coefficient (Wildman–Crippen LogP) is 4.32. The smallest absolute Gasteiger partial charge is 0.258 e. The lowest BCUT2D eigenvalue weighted by Crippen LogP contribution is -2.15. The Balaban J connectivity index is 2.33. The van der Waals surface area contributed by atoms with E-state index in [0.717, 1.165) is 6.07 Å². The fourth-order valence-corrected chi connectivity index (χ4v) is 1.79. The molecule has 0 bridgehead atoms. The second kappa shape index (κ2) is 5.54. The van der Waals surface area contributed by atoms with Gasteiger partial charge >= 0.3 is 0 Å². The van der Waals surface area contributed by atoms with Crippen LogP contribution in [-0.2, 0) is 0 Å². The van der Waals surface area contributed by atoms with Crippen LogP contribution in [0.3, 0.4) is 0 Å². The maximum atomic E-state index is 13.5. The Morgan fingerprint density at radius 1 is 1.10 bits per heavy atom. The van der Waals surface area contributed by atoms with Gasteiger partial charge in [0.1, 0.15) is 0 Å². The number of carbonyl (C=O) groups excluding carboxylic acids is 1. The molecule has 0 saturated carbocycles. The fraction of sp³-hybridized carbons (Fsp3) is 0.0714. The summed E-state index contributed by atoms with van der Waals surface area (Å²) in [5, 5.41) is 2.79. The van der Waals surface area contributed by atoms with Crippen LogP contribution < -0.4 is 5.32 Å². The Labute approximate surface area is 118 Å². The number of nitrogens with one attached hydrogen (secondary N) is 1. The van der Waals surface area contributed by atoms with Gasteiger partial charge < -0.3 is 5.32 Å². The van der Waals surface area contributed by atoms with Gasteiger partial charge in [-0.15, -0.1) is 0 Å². The molecule has 0 heterocycles. The van der Waals surface area contributed by atoms with E-state index in [2.05, 4.69) is 5.32 Å². The molecule has 0 radical (unpaired) electrons. The zero-order chi connectivity index (χ0) is 14.9. The summed E-state index contributed by atoms with van der Waals surface area (Å²) in [6, 6.07) is 6.35. The summed E-state index contributed by atoms with van der Waals surface area (Å²) < 4.78 is 39.4. The highest BCUT2D eigenvalue weighted by molar-refractivity contribution is 6.31. The van der Waals surface area contributed by atoms with Gasteiger partial charge in [0.05, 0.1) is 5.56 Å². The topological polar surface area (TPSA) is 29.1 Å². The molecule has 0 unspecified atom stereocenters. The predicted molar refractivity (Wildman–Crippen MR) is 70.5 cm³/mol. The molecule has 0 aliphatic carbocycles. The summed E-state index contributed by atoms with van der Waals surface area (Å²) >= 11 is 5.79. The van der Waals surface area contributed by atoms with Gasteiger partial charge in [0, 0.05) is 10.7 Å². The van der Waals surface area contributed by atoms with Crippen molar-refractivity contribution in [3.05, 3.63) is 63.9 Å². The summed E-state index contributed by atoms with van der Waals surface area (Å²) in [5.74, 6) is -5.44. The van der Waals surface area contributed by atoms with Crippen LogP contribution in [0.15, 0.2) is 30.3 Å². The number of aryl methyl sites for hydroxylation is 1. The number of benzene rings is 2. The van der Waals surface area contributed by atoms with Crippen molar-refractivity contribution < 1.29 is 18.0 Å². The molecule has 0 aliphatic heterocycles. The first-order valence-corrected chi connectivity index (χ1v) is 5.99. The fourth-order valence-electron chi connectivity index (χ4n) is 1.62. The van der Waals surface area contributed by atoms with Crippen molar-refractivity contribution in [3.63, 3.8) is 0 Å². The Morgan fingerprint density at radius 2 is 1.80 bits per heavy atom. The molecule has 0 aliphatic rings. The number of hydrogen-bond acceptors (Lipinski definition) is 1. The van der Waals surface area contributed by atoms with E-state index in [0.29, 0.717) is 22.3 Å². The van der Waals surface area contributed by atoms with Gasteiger partial charge in [-0.25, -0.2) is 13.2 Å². The number of halogens is 4.